The quantitative estimate of drug-likeness (QED) is 0.131. The van der Waals surface area contributed by atoms with Gasteiger partial charge in [0.05, 0.1) is 9.75 Å². The second kappa shape index (κ2) is 15.5. The van der Waals surface area contributed by atoms with Crippen molar-refractivity contribution in [2.75, 3.05) is 0 Å². The molecule has 7 aromatic rings. The molecule has 4 aromatic heterocycles. The molecule has 53 heavy (non-hydrogen) atoms. The molecule has 8 heteroatoms. The molecule has 0 bridgehead atoms. The van der Waals surface area contributed by atoms with E-state index >= 15 is 0 Å². The minimum atomic E-state index is -0.0909. The van der Waals surface area contributed by atoms with Crippen LogP contribution in [0.4, 0.5) is 0 Å². The number of rotatable bonds is 10. The molecule has 260 valence electrons. The standard InChI is InChI=1S/C45H38N6S2/c1-3-32(39-46-40(33-15-7-4-8-16-33)49-43(48-39)37-19-13-29-52-37)22-21-31(2)45(27-11-6-12-28-45)36-25-23-35(24-26-36)42-47-41(34-17-9-5-10-18-34)50-44(51-42)38-20-14-30-53-38/h3-5,7-10,13-26,29-30H,1,6,11-12,27-28H2,2H3/b31-21+,32-22+. The van der Waals surface area contributed by atoms with Gasteiger partial charge < -0.3 is 0 Å². The van der Waals surface area contributed by atoms with Gasteiger partial charge in [0, 0.05) is 27.7 Å². The Hall–Kier alpha value is -5.70. The van der Waals surface area contributed by atoms with E-state index in [0.717, 1.165) is 44.9 Å². The first-order valence-electron chi connectivity index (χ1n) is 17.9. The predicted molar refractivity (Wildman–Crippen MR) is 219 cm³/mol. The Morgan fingerprint density at radius 3 is 1.57 bits per heavy atom. The van der Waals surface area contributed by atoms with E-state index < -0.39 is 0 Å². The van der Waals surface area contributed by atoms with Gasteiger partial charge in [-0.3, -0.25) is 0 Å². The highest BCUT2D eigenvalue weighted by Gasteiger charge is 2.35. The van der Waals surface area contributed by atoms with Crippen LogP contribution in [-0.4, -0.2) is 29.9 Å². The van der Waals surface area contributed by atoms with Crippen LogP contribution in [-0.2, 0) is 5.41 Å². The summed E-state index contributed by atoms with van der Waals surface area (Å²) in [6, 6.07) is 37.2. The van der Waals surface area contributed by atoms with Crippen LogP contribution in [0, 0.1) is 0 Å². The SMILES string of the molecule is C=C/C(=C\C=C(/C)C1(c2ccc(-c3nc(-c4ccccc4)nc(-c4cccs4)n3)cc2)CCCCC1)c1nc(-c2ccccc2)nc(-c2cccs2)n1. The van der Waals surface area contributed by atoms with Crippen molar-refractivity contribution in [3.05, 3.63) is 162 Å². The summed E-state index contributed by atoms with van der Waals surface area (Å²) < 4.78 is 0. The lowest BCUT2D eigenvalue weighted by Gasteiger charge is -2.39. The van der Waals surface area contributed by atoms with E-state index in [0.29, 0.717) is 34.9 Å². The molecule has 1 fully saturated rings. The van der Waals surface area contributed by atoms with Crippen molar-refractivity contribution >= 4 is 28.2 Å². The lowest BCUT2D eigenvalue weighted by Crippen LogP contribution is -2.30. The number of thiophene rings is 2. The number of hydrogen-bond acceptors (Lipinski definition) is 8. The van der Waals surface area contributed by atoms with Crippen molar-refractivity contribution in [3.63, 3.8) is 0 Å². The Morgan fingerprint density at radius 1 is 0.547 bits per heavy atom. The summed E-state index contributed by atoms with van der Waals surface area (Å²) in [4.78, 5) is 31.5. The van der Waals surface area contributed by atoms with Crippen molar-refractivity contribution in [2.24, 2.45) is 0 Å². The van der Waals surface area contributed by atoms with Crippen LogP contribution >= 0.6 is 22.7 Å². The maximum atomic E-state index is 4.95. The fraction of sp³-hybridized carbons (Fsp3) is 0.156. The Balaban J connectivity index is 1.15. The summed E-state index contributed by atoms with van der Waals surface area (Å²) in [5.74, 6) is 3.96. The first-order chi connectivity index (χ1) is 26.1. The fourth-order valence-corrected chi connectivity index (χ4v) is 8.40. The lowest BCUT2D eigenvalue weighted by molar-refractivity contribution is 0.339. The van der Waals surface area contributed by atoms with Crippen LogP contribution in [0.15, 0.2) is 150 Å². The molecule has 0 unspecified atom stereocenters. The molecule has 1 aliphatic rings. The molecule has 3 aromatic carbocycles. The van der Waals surface area contributed by atoms with Crippen LogP contribution in [0.2, 0.25) is 0 Å². The third-order valence-corrected chi connectivity index (χ3v) is 11.7. The molecule has 0 N–H and O–H groups in total. The second-order valence-corrected chi connectivity index (χ2v) is 15.1. The topological polar surface area (TPSA) is 77.3 Å². The van der Waals surface area contributed by atoms with Crippen molar-refractivity contribution in [1.29, 1.82) is 0 Å². The van der Waals surface area contributed by atoms with Crippen molar-refractivity contribution < 1.29 is 0 Å². The third-order valence-electron chi connectivity index (χ3n) is 9.97. The van der Waals surface area contributed by atoms with E-state index in [9.17, 15) is 0 Å². The molecule has 0 atom stereocenters. The van der Waals surface area contributed by atoms with Crippen molar-refractivity contribution in [2.45, 2.75) is 44.4 Å². The minimum Gasteiger partial charge on any atom is -0.208 e. The molecule has 0 spiro atoms. The van der Waals surface area contributed by atoms with Gasteiger partial charge in [0.2, 0.25) is 0 Å². The molecule has 0 aliphatic heterocycles. The van der Waals surface area contributed by atoms with Gasteiger partial charge in [-0.1, -0.05) is 147 Å². The summed E-state index contributed by atoms with van der Waals surface area (Å²) in [6.45, 7) is 6.44. The van der Waals surface area contributed by atoms with E-state index in [1.54, 1.807) is 22.7 Å². The number of hydrogen-bond donors (Lipinski definition) is 0. The van der Waals surface area contributed by atoms with E-state index in [4.69, 9.17) is 29.9 Å². The maximum Gasteiger partial charge on any atom is 0.174 e. The van der Waals surface area contributed by atoms with Crippen molar-refractivity contribution in [3.8, 4) is 55.6 Å². The van der Waals surface area contributed by atoms with Gasteiger partial charge in [-0.25, -0.2) is 29.9 Å². The lowest BCUT2D eigenvalue weighted by atomic mass is 9.65. The smallest absolute Gasteiger partial charge is 0.174 e. The summed E-state index contributed by atoms with van der Waals surface area (Å²) in [7, 11) is 0. The van der Waals surface area contributed by atoms with Gasteiger partial charge in [-0.15, -0.1) is 22.7 Å². The highest BCUT2D eigenvalue weighted by molar-refractivity contribution is 7.13. The van der Waals surface area contributed by atoms with E-state index in [1.165, 1.54) is 30.4 Å². The van der Waals surface area contributed by atoms with Gasteiger partial charge in [-0.05, 0) is 48.2 Å². The molecular weight excluding hydrogens is 689 g/mol. The summed E-state index contributed by atoms with van der Waals surface area (Å²) in [5, 5.41) is 4.10. The van der Waals surface area contributed by atoms with Crippen LogP contribution in [0.1, 0.15) is 50.4 Å². The minimum absolute atomic E-state index is 0.0909. The zero-order valence-electron chi connectivity index (χ0n) is 29.5. The number of benzene rings is 3. The first kappa shape index (κ1) is 34.4. The van der Waals surface area contributed by atoms with E-state index in [2.05, 4.69) is 61.4 Å². The van der Waals surface area contributed by atoms with E-state index in [1.807, 2.05) is 90.3 Å². The Labute approximate surface area is 318 Å². The summed E-state index contributed by atoms with van der Waals surface area (Å²) in [5.41, 5.74) is 6.27. The molecule has 1 aliphatic carbocycles. The third kappa shape index (κ3) is 7.33. The van der Waals surface area contributed by atoms with Gasteiger partial charge in [0.1, 0.15) is 0 Å². The molecule has 0 radical (unpaired) electrons. The zero-order chi connectivity index (χ0) is 36.0. The van der Waals surface area contributed by atoms with E-state index in [-0.39, 0.29) is 5.41 Å². The van der Waals surface area contributed by atoms with Gasteiger partial charge in [0.25, 0.3) is 0 Å². The average Bonchev–Trinajstić information content (AvgIpc) is 3.98. The highest BCUT2D eigenvalue weighted by atomic mass is 32.1. The fourth-order valence-electron chi connectivity index (χ4n) is 7.09. The van der Waals surface area contributed by atoms with Gasteiger partial charge >= 0.3 is 0 Å². The number of nitrogens with zero attached hydrogens (tertiary/aromatic N) is 6. The molecule has 8 rings (SSSR count). The largest absolute Gasteiger partial charge is 0.208 e. The molecule has 6 nitrogen and oxygen atoms in total. The number of allylic oxidation sites excluding steroid dienone is 5. The average molecular weight is 727 g/mol. The predicted octanol–water partition coefficient (Wildman–Crippen LogP) is 11.9. The molecule has 4 heterocycles. The van der Waals surface area contributed by atoms with Crippen LogP contribution in [0.25, 0.3) is 61.1 Å². The summed E-state index contributed by atoms with van der Waals surface area (Å²) in [6.07, 6.45) is 12.0. The van der Waals surface area contributed by atoms with Crippen LogP contribution in [0.3, 0.4) is 0 Å². The Kier molecular flexibility index (Phi) is 10.1. The van der Waals surface area contributed by atoms with Gasteiger partial charge in [-0.2, -0.15) is 0 Å². The monoisotopic (exact) mass is 726 g/mol. The highest BCUT2D eigenvalue weighted by Crippen LogP contribution is 2.45. The van der Waals surface area contributed by atoms with Crippen LogP contribution in [0.5, 0.6) is 0 Å². The molecule has 0 amide bonds. The first-order valence-corrected chi connectivity index (χ1v) is 19.7. The zero-order valence-corrected chi connectivity index (χ0v) is 31.2. The molecule has 1 saturated carbocycles. The van der Waals surface area contributed by atoms with Crippen molar-refractivity contribution in [1.82, 2.24) is 29.9 Å². The maximum absolute atomic E-state index is 4.95. The molecule has 0 saturated heterocycles. The number of aromatic nitrogens is 6. The Bertz CT molecular complexity index is 2380. The second-order valence-electron chi connectivity index (χ2n) is 13.2. The van der Waals surface area contributed by atoms with Gasteiger partial charge in [0.15, 0.2) is 34.9 Å². The Morgan fingerprint density at radius 2 is 1.04 bits per heavy atom. The summed E-state index contributed by atoms with van der Waals surface area (Å²) >= 11 is 3.25. The normalized spacial score (nSPS) is 14.6. The molecular formula is C45H38N6S2. The van der Waals surface area contributed by atoms with Crippen LogP contribution < -0.4 is 0 Å².